The summed E-state index contributed by atoms with van der Waals surface area (Å²) in [5.41, 5.74) is 0.527. The van der Waals surface area contributed by atoms with Crippen molar-refractivity contribution in [2.75, 3.05) is 25.2 Å². The van der Waals surface area contributed by atoms with Crippen LogP contribution in [-0.2, 0) is 0 Å². The SMILES string of the molecule is Cc1nccn1-c1cc(NCCNC(=O)c2ccc3c(c2)OCO3)ncn1. The number of benzene rings is 1. The van der Waals surface area contributed by atoms with Crippen LogP contribution in [0.4, 0.5) is 5.82 Å². The molecule has 3 heterocycles. The Morgan fingerprint density at radius 3 is 2.89 bits per heavy atom. The highest BCUT2D eigenvalue weighted by Crippen LogP contribution is 2.32. The number of ether oxygens (including phenoxy) is 2. The summed E-state index contributed by atoms with van der Waals surface area (Å²) in [6.07, 6.45) is 5.05. The molecule has 0 saturated carbocycles. The molecule has 9 nitrogen and oxygen atoms in total. The van der Waals surface area contributed by atoms with Crippen LogP contribution in [0.15, 0.2) is 43.0 Å². The first-order valence-electron chi connectivity index (χ1n) is 8.45. The van der Waals surface area contributed by atoms with Crippen LogP contribution in [-0.4, -0.2) is 45.3 Å². The van der Waals surface area contributed by atoms with E-state index in [1.165, 1.54) is 6.33 Å². The predicted octanol–water partition coefficient (Wildman–Crippen LogP) is 1.54. The monoisotopic (exact) mass is 366 g/mol. The molecule has 138 valence electrons. The van der Waals surface area contributed by atoms with Crippen molar-refractivity contribution in [1.82, 2.24) is 24.8 Å². The first-order chi connectivity index (χ1) is 13.2. The summed E-state index contributed by atoms with van der Waals surface area (Å²) in [5, 5.41) is 6.03. The number of aryl methyl sites for hydroxylation is 1. The van der Waals surface area contributed by atoms with Crippen LogP contribution in [0.1, 0.15) is 16.2 Å². The second-order valence-corrected chi connectivity index (χ2v) is 5.86. The normalized spacial score (nSPS) is 12.0. The molecule has 1 aliphatic rings. The topological polar surface area (TPSA) is 103 Å². The van der Waals surface area contributed by atoms with Crippen LogP contribution in [0.2, 0.25) is 0 Å². The van der Waals surface area contributed by atoms with E-state index in [1.807, 2.05) is 23.8 Å². The van der Waals surface area contributed by atoms with Crippen LogP contribution in [0, 0.1) is 6.92 Å². The van der Waals surface area contributed by atoms with Crippen LogP contribution >= 0.6 is 0 Å². The third-order valence-electron chi connectivity index (χ3n) is 4.08. The van der Waals surface area contributed by atoms with Crippen molar-refractivity contribution in [1.29, 1.82) is 0 Å². The number of nitrogens with zero attached hydrogens (tertiary/aromatic N) is 4. The third kappa shape index (κ3) is 3.66. The number of carbonyl (C=O) groups is 1. The molecule has 2 N–H and O–H groups in total. The molecule has 0 radical (unpaired) electrons. The van der Waals surface area contributed by atoms with E-state index in [1.54, 1.807) is 24.4 Å². The van der Waals surface area contributed by atoms with Crippen molar-refractivity contribution >= 4 is 11.7 Å². The minimum Gasteiger partial charge on any atom is -0.454 e. The zero-order chi connectivity index (χ0) is 18.6. The molecule has 0 saturated heterocycles. The van der Waals surface area contributed by atoms with Gasteiger partial charge in [-0.3, -0.25) is 9.36 Å². The molecule has 0 unspecified atom stereocenters. The van der Waals surface area contributed by atoms with Crippen LogP contribution in [0.3, 0.4) is 0 Å². The summed E-state index contributed by atoms with van der Waals surface area (Å²) in [6.45, 7) is 3.05. The Morgan fingerprint density at radius 1 is 1.15 bits per heavy atom. The van der Waals surface area contributed by atoms with Gasteiger partial charge in [0.1, 0.15) is 23.8 Å². The van der Waals surface area contributed by atoms with E-state index in [9.17, 15) is 4.79 Å². The average Bonchev–Trinajstić information content (AvgIpc) is 3.33. The first-order valence-corrected chi connectivity index (χ1v) is 8.45. The van der Waals surface area contributed by atoms with Crippen molar-refractivity contribution in [2.45, 2.75) is 6.92 Å². The largest absolute Gasteiger partial charge is 0.454 e. The summed E-state index contributed by atoms with van der Waals surface area (Å²) < 4.78 is 12.4. The standard InChI is InChI=1S/C18H18N6O3/c1-12-19-6-7-24(12)17-9-16(22-10-23-17)20-4-5-21-18(25)13-2-3-14-15(8-13)27-11-26-14/h2-3,6-10H,4-5,11H2,1H3,(H,21,25)(H,20,22,23). The van der Waals surface area contributed by atoms with Gasteiger partial charge in [0.15, 0.2) is 11.5 Å². The number of aromatic nitrogens is 4. The number of nitrogens with one attached hydrogen (secondary N) is 2. The maximum absolute atomic E-state index is 12.2. The van der Waals surface area contributed by atoms with E-state index in [-0.39, 0.29) is 12.7 Å². The van der Waals surface area contributed by atoms with Gasteiger partial charge in [-0.1, -0.05) is 0 Å². The fourth-order valence-electron chi connectivity index (χ4n) is 2.70. The summed E-state index contributed by atoms with van der Waals surface area (Å²) in [7, 11) is 0. The van der Waals surface area contributed by atoms with Crippen LogP contribution in [0.5, 0.6) is 11.5 Å². The Labute approximate surface area is 155 Å². The Bertz CT molecular complexity index is 971. The van der Waals surface area contributed by atoms with E-state index >= 15 is 0 Å². The van der Waals surface area contributed by atoms with Crippen molar-refractivity contribution < 1.29 is 14.3 Å². The molecule has 0 spiro atoms. The third-order valence-corrected chi connectivity index (χ3v) is 4.08. The molecule has 0 atom stereocenters. The summed E-state index contributed by atoms with van der Waals surface area (Å²) in [5.74, 6) is 3.31. The van der Waals surface area contributed by atoms with Crippen molar-refractivity contribution in [3.8, 4) is 17.3 Å². The van der Waals surface area contributed by atoms with E-state index in [4.69, 9.17) is 9.47 Å². The fraction of sp³-hybridized carbons (Fsp3) is 0.222. The molecule has 4 rings (SSSR count). The maximum Gasteiger partial charge on any atom is 0.251 e. The molecule has 0 bridgehead atoms. The molecule has 1 amide bonds. The smallest absolute Gasteiger partial charge is 0.251 e. The van der Waals surface area contributed by atoms with Gasteiger partial charge < -0.3 is 20.1 Å². The Kier molecular flexibility index (Phi) is 4.56. The van der Waals surface area contributed by atoms with Gasteiger partial charge in [0, 0.05) is 37.1 Å². The Morgan fingerprint density at radius 2 is 2.04 bits per heavy atom. The van der Waals surface area contributed by atoms with Gasteiger partial charge in [0.25, 0.3) is 5.91 Å². The van der Waals surface area contributed by atoms with Crippen molar-refractivity contribution in [2.24, 2.45) is 0 Å². The Hall–Kier alpha value is -3.62. The van der Waals surface area contributed by atoms with Crippen molar-refractivity contribution in [3.63, 3.8) is 0 Å². The lowest BCUT2D eigenvalue weighted by atomic mass is 10.2. The molecule has 0 aliphatic carbocycles. The molecular weight excluding hydrogens is 348 g/mol. The van der Waals surface area contributed by atoms with Gasteiger partial charge in [0.2, 0.25) is 6.79 Å². The van der Waals surface area contributed by atoms with Gasteiger partial charge in [-0.25, -0.2) is 15.0 Å². The van der Waals surface area contributed by atoms with Gasteiger partial charge >= 0.3 is 0 Å². The number of fused-ring (bicyclic) bond motifs is 1. The number of imidazole rings is 1. The average molecular weight is 366 g/mol. The van der Waals surface area contributed by atoms with Gasteiger partial charge in [0.05, 0.1) is 0 Å². The molecule has 2 aromatic heterocycles. The molecule has 3 aromatic rings. The van der Waals surface area contributed by atoms with E-state index in [0.29, 0.717) is 36.0 Å². The Balaban J connectivity index is 1.30. The first kappa shape index (κ1) is 16.8. The van der Waals surface area contributed by atoms with Crippen molar-refractivity contribution in [3.05, 3.63) is 54.4 Å². The lowest BCUT2D eigenvalue weighted by Crippen LogP contribution is -2.28. The van der Waals surface area contributed by atoms with Gasteiger partial charge in [-0.2, -0.15) is 0 Å². The minimum absolute atomic E-state index is 0.174. The zero-order valence-electron chi connectivity index (χ0n) is 14.7. The number of carbonyl (C=O) groups excluding carboxylic acids is 1. The van der Waals surface area contributed by atoms with Gasteiger partial charge in [-0.15, -0.1) is 0 Å². The molecule has 1 aliphatic heterocycles. The van der Waals surface area contributed by atoms with E-state index in [2.05, 4.69) is 25.6 Å². The number of anilines is 1. The molecule has 0 fully saturated rings. The minimum atomic E-state index is -0.174. The van der Waals surface area contributed by atoms with Crippen LogP contribution in [0.25, 0.3) is 5.82 Å². The number of hydrogen-bond donors (Lipinski definition) is 2. The number of rotatable bonds is 6. The molecular formula is C18H18N6O3. The highest BCUT2D eigenvalue weighted by molar-refractivity contribution is 5.94. The highest BCUT2D eigenvalue weighted by atomic mass is 16.7. The predicted molar refractivity (Wildman–Crippen MR) is 97.3 cm³/mol. The highest BCUT2D eigenvalue weighted by Gasteiger charge is 2.15. The lowest BCUT2D eigenvalue weighted by molar-refractivity contribution is 0.0954. The second kappa shape index (κ2) is 7.32. The molecule has 1 aromatic carbocycles. The van der Waals surface area contributed by atoms with Crippen LogP contribution < -0.4 is 20.1 Å². The zero-order valence-corrected chi connectivity index (χ0v) is 14.7. The fourth-order valence-corrected chi connectivity index (χ4v) is 2.70. The van der Waals surface area contributed by atoms with E-state index in [0.717, 1.165) is 11.6 Å². The van der Waals surface area contributed by atoms with E-state index < -0.39 is 0 Å². The second-order valence-electron chi connectivity index (χ2n) is 5.86. The molecule has 9 heteroatoms. The number of amides is 1. The number of hydrogen-bond acceptors (Lipinski definition) is 7. The summed E-state index contributed by atoms with van der Waals surface area (Å²) >= 11 is 0. The quantitative estimate of drug-likeness (QED) is 0.638. The maximum atomic E-state index is 12.2. The lowest BCUT2D eigenvalue weighted by Gasteiger charge is -2.09. The molecule has 27 heavy (non-hydrogen) atoms. The summed E-state index contributed by atoms with van der Waals surface area (Å²) in [6, 6.07) is 6.94. The summed E-state index contributed by atoms with van der Waals surface area (Å²) in [4.78, 5) is 24.9. The van der Waals surface area contributed by atoms with Gasteiger partial charge in [-0.05, 0) is 25.1 Å².